The topological polar surface area (TPSA) is 93.2 Å². The van der Waals surface area contributed by atoms with Crippen LogP contribution in [0.1, 0.15) is 42.0 Å². The van der Waals surface area contributed by atoms with Gasteiger partial charge >= 0.3 is 5.97 Å². The molecule has 0 bridgehead atoms. The first-order valence-electron chi connectivity index (χ1n) is 8.86. The zero-order valence-corrected chi connectivity index (χ0v) is 16.4. The van der Waals surface area contributed by atoms with Crippen molar-refractivity contribution in [2.24, 2.45) is 5.92 Å². The summed E-state index contributed by atoms with van der Waals surface area (Å²) >= 11 is 0. The number of anilines is 2. The third-order valence-corrected chi connectivity index (χ3v) is 3.88. The number of nitrogens with one attached hydrogen (secondary N) is 2. The smallest absolute Gasteiger partial charge is 0.328 e. The summed E-state index contributed by atoms with van der Waals surface area (Å²) in [7, 11) is 1.32. The van der Waals surface area contributed by atoms with Gasteiger partial charge in [-0.3, -0.25) is 4.79 Å². The summed E-state index contributed by atoms with van der Waals surface area (Å²) < 4.78 is 4.78. The third-order valence-electron chi connectivity index (χ3n) is 3.88. The van der Waals surface area contributed by atoms with Crippen LogP contribution in [0.15, 0.2) is 30.3 Å². The molecular weight excluding hydrogens is 344 g/mol. The van der Waals surface area contributed by atoms with Crippen molar-refractivity contribution < 1.29 is 14.3 Å². The van der Waals surface area contributed by atoms with E-state index in [2.05, 4.69) is 20.6 Å². The van der Waals surface area contributed by atoms with Gasteiger partial charge in [0.1, 0.15) is 6.04 Å². The molecule has 1 aromatic carbocycles. The fourth-order valence-electron chi connectivity index (χ4n) is 2.69. The molecule has 0 fully saturated rings. The summed E-state index contributed by atoms with van der Waals surface area (Å²) in [5.41, 5.74) is 2.97. The Morgan fingerprint density at radius 3 is 2.19 bits per heavy atom. The van der Waals surface area contributed by atoms with E-state index in [0.29, 0.717) is 17.9 Å². The van der Waals surface area contributed by atoms with E-state index in [4.69, 9.17) is 4.74 Å². The van der Waals surface area contributed by atoms with Gasteiger partial charge in [-0.15, -0.1) is 0 Å². The van der Waals surface area contributed by atoms with Gasteiger partial charge in [0.15, 0.2) is 0 Å². The number of ether oxygens (including phenoxy) is 1. The number of aryl methyl sites for hydroxylation is 2. The second-order valence-corrected chi connectivity index (χ2v) is 6.86. The largest absolute Gasteiger partial charge is 0.467 e. The molecule has 7 heteroatoms. The average molecular weight is 370 g/mol. The number of carbonyl (C=O) groups excluding carboxylic acids is 2. The molecule has 1 amide bonds. The standard InChI is InChI=1S/C20H26N4O3/c1-12(2)10-17(19(26)27-5)24-18(25)15-6-8-16(9-7-15)23-20-21-13(3)11-14(4)22-20/h6-9,11-12,17H,10H2,1-5H3,(H,24,25)(H,21,22,23). The lowest BCUT2D eigenvalue weighted by molar-refractivity contribution is -0.143. The highest BCUT2D eigenvalue weighted by molar-refractivity contribution is 5.97. The number of esters is 1. The van der Waals surface area contributed by atoms with Gasteiger partial charge in [0.05, 0.1) is 7.11 Å². The molecule has 1 unspecified atom stereocenters. The van der Waals surface area contributed by atoms with E-state index in [1.54, 1.807) is 24.3 Å². The summed E-state index contributed by atoms with van der Waals surface area (Å²) in [5, 5.41) is 5.86. The van der Waals surface area contributed by atoms with Crippen molar-refractivity contribution in [3.63, 3.8) is 0 Å². The molecule has 2 N–H and O–H groups in total. The molecule has 0 saturated carbocycles. The van der Waals surface area contributed by atoms with Gasteiger partial charge in [0.2, 0.25) is 5.95 Å². The Hall–Kier alpha value is -2.96. The molecule has 1 aromatic heterocycles. The number of methoxy groups -OCH3 is 1. The molecule has 0 radical (unpaired) electrons. The van der Waals surface area contributed by atoms with Crippen molar-refractivity contribution in [3.05, 3.63) is 47.3 Å². The van der Waals surface area contributed by atoms with E-state index in [9.17, 15) is 9.59 Å². The number of carbonyl (C=O) groups is 2. The molecule has 2 rings (SSSR count). The van der Waals surface area contributed by atoms with Gasteiger partial charge in [-0.2, -0.15) is 0 Å². The molecule has 0 saturated heterocycles. The number of amides is 1. The van der Waals surface area contributed by atoms with Gasteiger partial charge in [-0.25, -0.2) is 14.8 Å². The van der Waals surface area contributed by atoms with Crippen molar-refractivity contribution in [1.29, 1.82) is 0 Å². The first-order valence-corrected chi connectivity index (χ1v) is 8.86. The molecule has 0 aliphatic heterocycles. The second kappa shape index (κ2) is 9.12. The molecule has 27 heavy (non-hydrogen) atoms. The summed E-state index contributed by atoms with van der Waals surface area (Å²) in [4.78, 5) is 33.0. The van der Waals surface area contributed by atoms with E-state index in [0.717, 1.165) is 17.1 Å². The zero-order valence-electron chi connectivity index (χ0n) is 16.4. The molecule has 144 valence electrons. The molecule has 1 heterocycles. The Morgan fingerprint density at radius 1 is 1.07 bits per heavy atom. The van der Waals surface area contributed by atoms with E-state index in [1.807, 2.05) is 33.8 Å². The minimum atomic E-state index is -0.663. The van der Waals surface area contributed by atoms with Crippen LogP contribution in [0, 0.1) is 19.8 Å². The molecule has 2 aromatic rings. The van der Waals surface area contributed by atoms with Gasteiger partial charge < -0.3 is 15.4 Å². The highest BCUT2D eigenvalue weighted by atomic mass is 16.5. The van der Waals surface area contributed by atoms with Crippen molar-refractivity contribution >= 4 is 23.5 Å². The number of nitrogens with zero attached hydrogens (tertiary/aromatic N) is 2. The SMILES string of the molecule is COC(=O)C(CC(C)C)NC(=O)c1ccc(Nc2nc(C)cc(C)n2)cc1. The van der Waals surface area contributed by atoms with E-state index in [1.165, 1.54) is 7.11 Å². The molecular formula is C20H26N4O3. The molecule has 0 aliphatic carbocycles. The average Bonchev–Trinajstić information content (AvgIpc) is 2.59. The Morgan fingerprint density at radius 2 is 1.67 bits per heavy atom. The number of rotatable bonds is 7. The minimum absolute atomic E-state index is 0.249. The van der Waals surface area contributed by atoms with Crippen LogP contribution in [0.4, 0.5) is 11.6 Å². The van der Waals surface area contributed by atoms with Gasteiger partial charge in [-0.1, -0.05) is 13.8 Å². The van der Waals surface area contributed by atoms with Gasteiger partial charge in [0, 0.05) is 22.6 Å². The Balaban J connectivity index is 2.06. The monoisotopic (exact) mass is 370 g/mol. The summed E-state index contributed by atoms with van der Waals surface area (Å²) in [6.07, 6.45) is 0.516. The Labute approximate surface area is 159 Å². The predicted molar refractivity (Wildman–Crippen MR) is 104 cm³/mol. The van der Waals surface area contributed by atoms with Crippen LogP contribution in [-0.4, -0.2) is 35.0 Å². The maximum atomic E-state index is 12.5. The van der Waals surface area contributed by atoms with Crippen LogP contribution in [0.2, 0.25) is 0 Å². The highest BCUT2D eigenvalue weighted by Gasteiger charge is 2.23. The maximum Gasteiger partial charge on any atom is 0.328 e. The van der Waals surface area contributed by atoms with Crippen molar-refractivity contribution in [2.45, 2.75) is 40.2 Å². The Kier molecular flexibility index (Phi) is 6.87. The number of hydrogen-bond acceptors (Lipinski definition) is 6. The summed E-state index contributed by atoms with van der Waals surface area (Å²) in [6.45, 7) is 7.78. The van der Waals surface area contributed by atoms with Crippen molar-refractivity contribution in [1.82, 2.24) is 15.3 Å². The molecule has 1 atom stereocenters. The highest BCUT2D eigenvalue weighted by Crippen LogP contribution is 2.15. The van der Waals surface area contributed by atoms with Crippen LogP contribution in [0.3, 0.4) is 0 Å². The second-order valence-electron chi connectivity index (χ2n) is 6.86. The lowest BCUT2D eigenvalue weighted by Crippen LogP contribution is -2.42. The first kappa shape index (κ1) is 20.4. The Bertz CT molecular complexity index is 783. The fraction of sp³-hybridized carbons (Fsp3) is 0.400. The van der Waals surface area contributed by atoms with Crippen LogP contribution in [0.5, 0.6) is 0 Å². The van der Waals surface area contributed by atoms with Gasteiger partial charge in [-0.05, 0) is 56.5 Å². The summed E-state index contributed by atoms with van der Waals surface area (Å²) in [6, 6.07) is 8.14. The lowest BCUT2D eigenvalue weighted by atomic mass is 10.0. The lowest BCUT2D eigenvalue weighted by Gasteiger charge is -2.18. The van der Waals surface area contributed by atoms with Crippen molar-refractivity contribution in [3.8, 4) is 0 Å². The molecule has 0 spiro atoms. The maximum absolute atomic E-state index is 12.5. The normalized spacial score (nSPS) is 11.8. The van der Waals surface area contributed by atoms with Crippen molar-refractivity contribution in [2.75, 3.05) is 12.4 Å². The van der Waals surface area contributed by atoms with Crippen LogP contribution >= 0.6 is 0 Å². The number of aromatic nitrogens is 2. The number of hydrogen-bond donors (Lipinski definition) is 2. The van der Waals surface area contributed by atoms with Crippen LogP contribution in [-0.2, 0) is 9.53 Å². The van der Waals surface area contributed by atoms with E-state index < -0.39 is 12.0 Å². The predicted octanol–water partition coefficient (Wildman–Crippen LogP) is 3.15. The van der Waals surface area contributed by atoms with Crippen LogP contribution in [0.25, 0.3) is 0 Å². The number of benzene rings is 1. The van der Waals surface area contributed by atoms with E-state index in [-0.39, 0.29) is 11.8 Å². The molecule has 0 aliphatic rings. The fourth-order valence-corrected chi connectivity index (χ4v) is 2.69. The minimum Gasteiger partial charge on any atom is -0.467 e. The summed E-state index contributed by atoms with van der Waals surface area (Å²) in [5.74, 6) is -0.00583. The van der Waals surface area contributed by atoms with E-state index >= 15 is 0 Å². The first-order chi connectivity index (χ1) is 12.8. The van der Waals surface area contributed by atoms with Crippen LogP contribution < -0.4 is 10.6 Å². The zero-order chi connectivity index (χ0) is 20.0. The third kappa shape index (κ3) is 6.06. The molecule has 7 nitrogen and oxygen atoms in total. The quantitative estimate of drug-likeness (QED) is 0.727. The van der Waals surface area contributed by atoms with Gasteiger partial charge in [0.25, 0.3) is 5.91 Å².